The van der Waals surface area contributed by atoms with Crippen LogP contribution in [0, 0.1) is 0 Å². The Kier molecular flexibility index (Phi) is 4.98. The largest absolute Gasteiger partial charge is 0.351 e. The first-order valence-corrected chi connectivity index (χ1v) is 6.31. The molecular weight excluding hydrogens is 214 g/mol. The van der Waals surface area contributed by atoms with Crippen molar-refractivity contribution >= 4 is 0 Å². The van der Waals surface area contributed by atoms with Gasteiger partial charge in [-0.05, 0) is 25.3 Å². The number of hydrogen-bond acceptors (Lipinski definition) is 3. The highest BCUT2D eigenvalue weighted by Gasteiger charge is 2.17. The molecule has 1 aliphatic heterocycles. The number of hydrogen-bond donors (Lipinski definition) is 1. The summed E-state index contributed by atoms with van der Waals surface area (Å²) in [4.78, 5) is 0. The molecule has 3 nitrogen and oxygen atoms in total. The fourth-order valence-electron chi connectivity index (χ4n) is 1.99. The lowest BCUT2D eigenvalue weighted by Gasteiger charge is -2.27. The van der Waals surface area contributed by atoms with Gasteiger partial charge in [0, 0.05) is 12.6 Å². The van der Waals surface area contributed by atoms with Crippen molar-refractivity contribution in [3.8, 4) is 0 Å². The minimum absolute atomic E-state index is 0.307. The van der Waals surface area contributed by atoms with Crippen LogP contribution in [0.4, 0.5) is 0 Å². The Morgan fingerprint density at radius 3 is 2.76 bits per heavy atom. The average molecular weight is 235 g/mol. The van der Waals surface area contributed by atoms with Gasteiger partial charge in [0.1, 0.15) is 6.79 Å². The normalized spacial score (nSPS) is 24.8. The average Bonchev–Trinajstić information content (AvgIpc) is 2.38. The molecular formula is C14H21NO2. The van der Waals surface area contributed by atoms with Crippen LogP contribution in [-0.4, -0.2) is 25.5 Å². The molecule has 1 N–H and O–H groups in total. The van der Waals surface area contributed by atoms with Gasteiger partial charge in [-0.3, -0.25) is 0 Å². The maximum absolute atomic E-state index is 5.67. The highest BCUT2D eigenvalue weighted by atomic mass is 16.7. The molecule has 1 aromatic rings. The Bertz CT molecular complexity index is 307. The third kappa shape index (κ3) is 4.46. The zero-order valence-corrected chi connectivity index (χ0v) is 10.4. The van der Waals surface area contributed by atoms with Crippen molar-refractivity contribution in [3.63, 3.8) is 0 Å². The second-order valence-corrected chi connectivity index (χ2v) is 4.63. The Hall–Kier alpha value is -0.900. The van der Waals surface area contributed by atoms with E-state index in [1.807, 2.05) is 18.2 Å². The van der Waals surface area contributed by atoms with Crippen LogP contribution in [0.15, 0.2) is 30.3 Å². The maximum atomic E-state index is 5.67. The van der Waals surface area contributed by atoms with E-state index < -0.39 is 0 Å². The van der Waals surface area contributed by atoms with Crippen LogP contribution in [0.3, 0.4) is 0 Å². The minimum Gasteiger partial charge on any atom is -0.351 e. The van der Waals surface area contributed by atoms with Crippen LogP contribution in [0.2, 0.25) is 0 Å². The predicted octanol–water partition coefficient (Wildman–Crippen LogP) is 2.32. The first-order chi connectivity index (χ1) is 8.34. The van der Waals surface area contributed by atoms with Gasteiger partial charge in [-0.2, -0.15) is 0 Å². The molecule has 3 heteroatoms. The van der Waals surface area contributed by atoms with E-state index in [9.17, 15) is 0 Å². The fraction of sp³-hybridized carbons (Fsp3) is 0.571. The molecule has 0 aliphatic carbocycles. The van der Waals surface area contributed by atoms with Crippen molar-refractivity contribution in [1.82, 2.24) is 5.32 Å². The SMILES string of the molecule is CC1CCC(OCOCc2ccccc2)CN1. The highest BCUT2D eigenvalue weighted by Crippen LogP contribution is 2.11. The zero-order valence-electron chi connectivity index (χ0n) is 10.4. The van der Waals surface area contributed by atoms with Crippen molar-refractivity contribution in [1.29, 1.82) is 0 Å². The fourth-order valence-corrected chi connectivity index (χ4v) is 1.99. The van der Waals surface area contributed by atoms with Crippen molar-refractivity contribution in [2.24, 2.45) is 0 Å². The molecule has 0 radical (unpaired) electrons. The van der Waals surface area contributed by atoms with Crippen LogP contribution in [-0.2, 0) is 16.1 Å². The van der Waals surface area contributed by atoms with E-state index in [1.165, 1.54) is 12.0 Å². The van der Waals surface area contributed by atoms with E-state index in [1.54, 1.807) is 0 Å². The Morgan fingerprint density at radius 1 is 1.24 bits per heavy atom. The highest BCUT2D eigenvalue weighted by molar-refractivity contribution is 5.13. The number of benzene rings is 1. The van der Waals surface area contributed by atoms with Gasteiger partial charge in [-0.25, -0.2) is 0 Å². The molecule has 0 saturated carbocycles. The number of piperidine rings is 1. The third-order valence-electron chi connectivity index (χ3n) is 3.11. The van der Waals surface area contributed by atoms with Crippen molar-refractivity contribution in [2.45, 2.75) is 38.5 Å². The molecule has 0 aromatic heterocycles. The van der Waals surface area contributed by atoms with Gasteiger partial charge < -0.3 is 14.8 Å². The Balaban J connectivity index is 1.57. The van der Waals surface area contributed by atoms with Gasteiger partial charge in [0.25, 0.3) is 0 Å². The summed E-state index contributed by atoms with van der Waals surface area (Å²) in [6.07, 6.45) is 2.62. The van der Waals surface area contributed by atoms with Gasteiger partial charge in [0.2, 0.25) is 0 Å². The zero-order chi connectivity index (χ0) is 11.9. The topological polar surface area (TPSA) is 30.5 Å². The minimum atomic E-state index is 0.307. The molecule has 1 aromatic carbocycles. The standard InChI is InChI=1S/C14H21NO2/c1-12-7-8-14(9-15-12)17-11-16-10-13-5-3-2-4-6-13/h2-6,12,14-15H,7-11H2,1H3. The molecule has 0 bridgehead atoms. The molecule has 1 heterocycles. The Morgan fingerprint density at radius 2 is 2.06 bits per heavy atom. The third-order valence-corrected chi connectivity index (χ3v) is 3.11. The monoisotopic (exact) mass is 235 g/mol. The summed E-state index contributed by atoms with van der Waals surface area (Å²) >= 11 is 0. The van der Waals surface area contributed by atoms with Crippen molar-refractivity contribution in [3.05, 3.63) is 35.9 Å². The van der Waals surface area contributed by atoms with E-state index >= 15 is 0 Å². The molecule has 17 heavy (non-hydrogen) atoms. The van der Waals surface area contributed by atoms with E-state index in [0.717, 1.165) is 13.0 Å². The predicted molar refractivity (Wildman–Crippen MR) is 67.7 cm³/mol. The smallest absolute Gasteiger partial charge is 0.147 e. The molecule has 94 valence electrons. The Labute approximate surface area is 103 Å². The van der Waals surface area contributed by atoms with Gasteiger partial charge in [0.15, 0.2) is 0 Å². The summed E-state index contributed by atoms with van der Waals surface area (Å²) in [6.45, 7) is 4.16. The maximum Gasteiger partial charge on any atom is 0.147 e. The lowest BCUT2D eigenvalue weighted by atomic mass is 10.0. The second kappa shape index (κ2) is 6.74. The molecule has 1 saturated heterocycles. The lowest BCUT2D eigenvalue weighted by Crippen LogP contribution is -2.41. The van der Waals surface area contributed by atoms with Crippen LogP contribution in [0.1, 0.15) is 25.3 Å². The molecule has 0 spiro atoms. The summed E-state index contributed by atoms with van der Waals surface area (Å²) in [5, 5.41) is 3.41. The van der Waals surface area contributed by atoms with E-state index in [0.29, 0.717) is 25.5 Å². The van der Waals surface area contributed by atoms with Gasteiger partial charge in [-0.15, -0.1) is 0 Å². The first kappa shape index (κ1) is 12.6. The van der Waals surface area contributed by atoms with Crippen LogP contribution in [0.5, 0.6) is 0 Å². The first-order valence-electron chi connectivity index (χ1n) is 6.31. The molecule has 0 amide bonds. The number of ether oxygens (including phenoxy) is 2. The molecule has 2 atom stereocenters. The van der Waals surface area contributed by atoms with Gasteiger partial charge >= 0.3 is 0 Å². The van der Waals surface area contributed by atoms with Crippen molar-refractivity contribution in [2.75, 3.05) is 13.3 Å². The van der Waals surface area contributed by atoms with Gasteiger partial charge in [-0.1, -0.05) is 30.3 Å². The quantitative estimate of drug-likeness (QED) is 0.627. The molecule has 1 fully saturated rings. The number of nitrogens with one attached hydrogen (secondary N) is 1. The van der Waals surface area contributed by atoms with Crippen molar-refractivity contribution < 1.29 is 9.47 Å². The molecule has 2 unspecified atom stereocenters. The summed E-state index contributed by atoms with van der Waals surface area (Å²) in [6, 6.07) is 10.8. The van der Waals surface area contributed by atoms with Crippen LogP contribution >= 0.6 is 0 Å². The van der Waals surface area contributed by atoms with E-state index in [-0.39, 0.29) is 0 Å². The lowest BCUT2D eigenvalue weighted by molar-refractivity contribution is -0.102. The summed E-state index contributed by atoms with van der Waals surface area (Å²) < 4.78 is 11.2. The van der Waals surface area contributed by atoms with E-state index in [4.69, 9.17) is 9.47 Å². The van der Waals surface area contributed by atoms with E-state index in [2.05, 4.69) is 24.4 Å². The summed E-state index contributed by atoms with van der Waals surface area (Å²) in [5.41, 5.74) is 1.19. The number of rotatable bonds is 5. The second-order valence-electron chi connectivity index (χ2n) is 4.63. The molecule has 1 aliphatic rings. The molecule has 2 rings (SSSR count). The van der Waals surface area contributed by atoms with Gasteiger partial charge in [0.05, 0.1) is 12.7 Å². The summed E-state index contributed by atoms with van der Waals surface area (Å²) in [5.74, 6) is 0. The van der Waals surface area contributed by atoms with Crippen LogP contribution < -0.4 is 5.32 Å². The van der Waals surface area contributed by atoms with Crippen LogP contribution in [0.25, 0.3) is 0 Å². The summed E-state index contributed by atoms with van der Waals surface area (Å²) in [7, 11) is 0.